The van der Waals surface area contributed by atoms with Crippen LogP contribution in [0.4, 0.5) is 5.82 Å². The van der Waals surface area contributed by atoms with Crippen LogP contribution in [0.1, 0.15) is 26.3 Å². The number of hydrogen-bond donors (Lipinski definition) is 2. The Kier molecular flexibility index (Phi) is 4.31. The van der Waals surface area contributed by atoms with E-state index in [-0.39, 0.29) is 5.82 Å². The second-order valence-electron chi connectivity index (χ2n) is 4.86. The normalized spacial score (nSPS) is 12.6. The van der Waals surface area contributed by atoms with E-state index in [0.717, 1.165) is 6.08 Å². The van der Waals surface area contributed by atoms with Crippen LogP contribution in [0.25, 0.3) is 6.08 Å². The Labute approximate surface area is 112 Å². The standard InChI is InChI=1S/C12H16N2O4S/c1-12(2,3)19(17,18)14-10-8-9(6-7-13-10)4-5-11(15)16/h4-8H,1-3H3,(H,13,14)(H,15,16)/b5-4+. The lowest BCUT2D eigenvalue weighted by atomic mass is 10.2. The van der Waals surface area contributed by atoms with E-state index in [0.29, 0.717) is 5.56 Å². The van der Waals surface area contributed by atoms with E-state index >= 15 is 0 Å². The van der Waals surface area contributed by atoms with Crippen molar-refractivity contribution in [3.05, 3.63) is 30.0 Å². The summed E-state index contributed by atoms with van der Waals surface area (Å²) in [7, 11) is -3.55. The molecule has 0 radical (unpaired) electrons. The van der Waals surface area contributed by atoms with Gasteiger partial charge in [-0.15, -0.1) is 0 Å². The van der Waals surface area contributed by atoms with E-state index in [1.54, 1.807) is 26.8 Å². The fraction of sp³-hybridized carbons (Fsp3) is 0.333. The quantitative estimate of drug-likeness (QED) is 0.821. The summed E-state index contributed by atoms with van der Waals surface area (Å²) in [5.41, 5.74) is 0.545. The van der Waals surface area contributed by atoms with Crippen molar-refractivity contribution >= 4 is 27.9 Å². The maximum atomic E-state index is 11.9. The van der Waals surface area contributed by atoms with Crippen molar-refractivity contribution in [3.63, 3.8) is 0 Å². The summed E-state index contributed by atoms with van der Waals surface area (Å²) < 4.78 is 25.3. The number of hydrogen-bond acceptors (Lipinski definition) is 4. The van der Waals surface area contributed by atoms with E-state index in [1.807, 2.05) is 0 Å². The van der Waals surface area contributed by atoms with E-state index in [9.17, 15) is 13.2 Å². The molecule has 0 amide bonds. The summed E-state index contributed by atoms with van der Waals surface area (Å²) >= 11 is 0. The van der Waals surface area contributed by atoms with Crippen molar-refractivity contribution in [2.75, 3.05) is 4.72 Å². The smallest absolute Gasteiger partial charge is 0.328 e. The molecule has 1 aromatic heterocycles. The highest BCUT2D eigenvalue weighted by molar-refractivity contribution is 7.94. The van der Waals surface area contributed by atoms with Crippen molar-refractivity contribution in [2.24, 2.45) is 0 Å². The molecule has 19 heavy (non-hydrogen) atoms. The zero-order valence-corrected chi connectivity index (χ0v) is 11.7. The van der Waals surface area contributed by atoms with Gasteiger partial charge in [0.25, 0.3) is 0 Å². The van der Waals surface area contributed by atoms with Crippen molar-refractivity contribution in [2.45, 2.75) is 25.5 Å². The molecule has 0 aliphatic rings. The Morgan fingerprint density at radius 1 is 1.42 bits per heavy atom. The molecule has 104 valence electrons. The molecule has 0 saturated heterocycles. The third kappa shape index (κ3) is 4.36. The van der Waals surface area contributed by atoms with Gasteiger partial charge in [0.1, 0.15) is 5.82 Å². The Morgan fingerprint density at radius 3 is 2.58 bits per heavy atom. The molecule has 1 rings (SSSR count). The topological polar surface area (TPSA) is 96.4 Å². The van der Waals surface area contributed by atoms with Crippen LogP contribution < -0.4 is 4.72 Å². The minimum absolute atomic E-state index is 0.155. The highest BCUT2D eigenvalue weighted by Crippen LogP contribution is 2.18. The van der Waals surface area contributed by atoms with Crippen LogP contribution >= 0.6 is 0 Å². The number of rotatable bonds is 4. The van der Waals surface area contributed by atoms with Crippen molar-refractivity contribution in [1.29, 1.82) is 0 Å². The lowest BCUT2D eigenvalue weighted by Gasteiger charge is -2.19. The number of pyridine rings is 1. The first-order valence-electron chi connectivity index (χ1n) is 5.51. The number of aliphatic carboxylic acids is 1. The first kappa shape index (κ1) is 15.2. The van der Waals surface area contributed by atoms with Crippen LogP contribution in [0, 0.1) is 0 Å². The maximum absolute atomic E-state index is 11.9. The summed E-state index contributed by atoms with van der Waals surface area (Å²) in [4.78, 5) is 14.3. The predicted octanol–water partition coefficient (Wildman–Crippen LogP) is 1.72. The number of carboxylic acids is 1. The molecule has 0 saturated carbocycles. The summed E-state index contributed by atoms with van der Waals surface area (Å²) in [5.74, 6) is -0.920. The van der Waals surface area contributed by atoms with Gasteiger partial charge in [-0.25, -0.2) is 18.2 Å². The molecule has 1 aromatic rings. The summed E-state index contributed by atoms with van der Waals surface area (Å²) in [6.45, 7) is 4.72. The van der Waals surface area contributed by atoms with Gasteiger partial charge in [-0.2, -0.15) is 0 Å². The van der Waals surface area contributed by atoms with Gasteiger partial charge in [0.2, 0.25) is 10.0 Å². The second-order valence-corrected chi connectivity index (χ2v) is 7.30. The summed E-state index contributed by atoms with van der Waals surface area (Å²) in [6.07, 6.45) is 3.73. The van der Waals surface area contributed by atoms with Crippen LogP contribution in [0.5, 0.6) is 0 Å². The van der Waals surface area contributed by atoms with Gasteiger partial charge in [0.05, 0.1) is 4.75 Å². The molecule has 2 N–H and O–H groups in total. The first-order valence-corrected chi connectivity index (χ1v) is 6.99. The van der Waals surface area contributed by atoms with Gasteiger partial charge in [-0.1, -0.05) is 0 Å². The number of aromatic nitrogens is 1. The molecule has 0 atom stereocenters. The van der Waals surface area contributed by atoms with Crippen molar-refractivity contribution in [3.8, 4) is 0 Å². The highest BCUT2D eigenvalue weighted by atomic mass is 32.2. The number of anilines is 1. The minimum atomic E-state index is -3.55. The molecule has 1 heterocycles. The van der Waals surface area contributed by atoms with Gasteiger partial charge < -0.3 is 5.11 Å². The lowest BCUT2D eigenvalue weighted by molar-refractivity contribution is -0.131. The number of nitrogens with one attached hydrogen (secondary N) is 1. The molecular weight excluding hydrogens is 268 g/mol. The molecule has 0 aliphatic carbocycles. The van der Waals surface area contributed by atoms with Crippen LogP contribution in [0.2, 0.25) is 0 Å². The number of nitrogens with zero attached hydrogens (tertiary/aromatic N) is 1. The van der Waals surface area contributed by atoms with E-state index in [4.69, 9.17) is 5.11 Å². The molecule has 7 heteroatoms. The summed E-state index contributed by atoms with van der Waals surface area (Å²) in [6, 6.07) is 3.04. The van der Waals surface area contributed by atoms with Gasteiger partial charge in [0.15, 0.2) is 0 Å². The maximum Gasteiger partial charge on any atom is 0.328 e. The van der Waals surface area contributed by atoms with Gasteiger partial charge in [-0.3, -0.25) is 4.72 Å². The fourth-order valence-corrected chi connectivity index (χ4v) is 1.76. The molecule has 0 spiro atoms. The minimum Gasteiger partial charge on any atom is -0.478 e. The first-order chi connectivity index (χ1) is 8.62. The Morgan fingerprint density at radius 2 is 2.05 bits per heavy atom. The molecule has 6 nitrogen and oxygen atoms in total. The second kappa shape index (κ2) is 5.40. The number of sulfonamides is 1. The Hall–Kier alpha value is -1.89. The van der Waals surface area contributed by atoms with E-state index in [2.05, 4.69) is 9.71 Å². The zero-order valence-electron chi connectivity index (χ0n) is 10.9. The monoisotopic (exact) mass is 284 g/mol. The SMILES string of the molecule is CC(C)(C)S(=O)(=O)Nc1cc(/C=C/C(=O)O)ccn1. The molecule has 0 aromatic carbocycles. The molecule has 0 aliphatic heterocycles. The van der Waals surface area contributed by atoms with Gasteiger partial charge >= 0.3 is 5.97 Å². The number of carbonyl (C=O) groups is 1. The molecular formula is C12H16N2O4S. The van der Waals surface area contributed by atoms with Gasteiger partial charge in [0, 0.05) is 12.3 Å². The summed E-state index contributed by atoms with van der Waals surface area (Å²) in [5, 5.41) is 8.52. The molecule has 0 unspecified atom stereocenters. The van der Waals surface area contributed by atoms with E-state index in [1.165, 1.54) is 18.3 Å². The Bertz CT molecular complexity index is 600. The zero-order chi connectivity index (χ0) is 14.7. The largest absolute Gasteiger partial charge is 0.478 e. The van der Waals surface area contributed by atoms with Crippen LogP contribution in [0.15, 0.2) is 24.4 Å². The van der Waals surface area contributed by atoms with Crippen molar-refractivity contribution in [1.82, 2.24) is 4.98 Å². The van der Waals surface area contributed by atoms with Crippen molar-refractivity contribution < 1.29 is 18.3 Å². The van der Waals surface area contributed by atoms with Crippen LogP contribution in [-0.2, 0) is 14.8 Å². The third-order valence-electron chi connectivity index (χ3n) is 2.25. The van der Waals surface area contributed by atoms with E-state index < -0.39 is 20.7 Å². The fourth-order valence-electron chi connectivity index (χ4n) is 1.06. The van der Waals surface area contributed by atoms with Gasteiger partial charge in [-0.05, 0) is 44.5 Å². The number of carboxylic acid groups (broad SMARTS) is 1. The highest BCUT2D eigenvalue weighted by Gasteiger charge is 2.29. The molecule has 0 fully saturated rings. The van der Waals surface area contributed by atoms with Crippen LogP contribution in [0.3, 0.4) is 0 Å². The lowest BCUT2D eigenvalue weighted by Crippen LogP contribution is -2.33. The average molecular weight is 284 g/mol. The average Bonchev–Trinajstić information content (AvgIpc) is 2.24. The third-order valence-corrected chi connectivity index (χ3v) is 4.34. The Balaban J connectivity index is 2.99. The molecule has 0 bridgehead atoms. The predicted molar refractivity (Wildman–Crippen MR) is 73.2 cm³/mol. The van der Waals surface area contributed by atoms with Crippen LogP contribution in [-0.4, -0.2) is 29.2 Å².